The van der Waals surface area contributed by atoms with Gasteiger partial charge in [0.1, 0.15) is 28.9 Å². The minimum atomic E-state index is 0. The summed E-state index contributed by atoms with van der Waals surface area (Å²) in [6.45, 7) is 127. The molecule has 0 aliphatic heterocycles. The first-order valence-corrected chi connectivity index (χ1v) is 54.0. The highest BCUT2D eigenvalue weighted by Gasteiger charge is 2.14. The molecule has 886 valence electrons. The van der Waals surface area contributed by atoms with E-state index in [1.165, 1.54) is 89.1 Å². The van der Waals surface area contributed by atoms with E-state index >= 15 is 0 Å². The molecule has 0 saturated heterocycles. The third-order valence-corrected chi connectivity index (χ3v) is 21.3. The summed E-state index contributed by atoms with van der Waals surface area (Å²) in [5.74, 6) is 16.2. The molecule has 0 radical (unpaired) electrons. The zero-order valence-corrected chi connectivity index (χ0v) is 99.9. The number of ketones is 5. The van der Waals surface area contributed by atoms with E-state index in [0.717, 1.165) is 109 Å². The van der Waals surface area contributed by atoms with Gasteiger partial charge in [-0.1, -0.05) is 409 Å². The molecule has 0 heterocycles. The number of thioether (sulfide) groups is 2. The Bertz CT molecular complexity index is 1900. The minimum Gasteiger partial charge on any atom is -0.379 e. The Balaban J connectivity index is -0.0000000369. The minimum absolute atomic E-state index is 0. The molecule has 0 aromatic heterocycles. The first kappa shape index (κ1) is 215. The van der Waals surface area contributed by atoms with Crippen molar-refractivity contribution in [3.05, 3.63) is 0 Å². The number of hydrogen-bond acceptors (Lipinski definition) is 13. The summed E-state index contributed by atoms with van der Waals surface area (Å²) < 4.78 is 10.7. The van der Waals surface area contributed by atoms with E-state index in [2.05, 4.69) is 376 Å². The second-order valence-corrected chi connectivity index (χ2v) is 49.1. The van der Waals surface area contributed by atoms with Crippen molar-refractivity contribution in [1.82, 2.24) is 19.6 Å². The molecular formula is C127H304N4O7S2. The Morgan fingerprint density at radius 2 is 0.379 bits per heavy atom. The van der Waals surface area contributed by atoms with Crippen molar-refractivity contribution in [2.24, 2.45) is 118 Å². The Kier molecular flexibility index (Phi) is 221. The van der Waals surface area contributed by atoms with Gasteiger partial charge in [0.15, 0.2) is 0 Å². The summed E-state index contributed by atoms with van der Waals surface area (Å²) >= 11 is 4.12. The molecule has 0 spiro atoms. The quantitative estimate of drug-likeness (QED) is 0.0576. The van der Waals surface area contributed by atoms with Crippen molar-refractivity contribution in [3.63, 3.8) is 0 Å². The van der Waals surface area contributed by atoms with Crippen LogP contribution in [0.25, 0.3) is 0 Å². The maximum Gasteiger partial charge on any atom is 0.137 e. The van der Waals surface area contributed by atoms with E-state index in [-0.39, 0.29) is 139 Å². The topological polar surface area (TPSA) is 117 Å². The number of nitrogens with zero attached hydrogens (tertiary/aromatic N) is 4. The van der Waals surface area contributed by atoms with E-state index in [9.17, 15) is 24.0 Å². The number of carbonyl (C=O) groups is 5. The second kappa shape index (κ2) is 144. The zero-order valence-electron chi connectivity index (χ0n) is 98.3. The molecule has 0 aromatic carbocycles. The highest BCUT2D eigenvalue weighted by molar-refractivity contribution is 8.00. The fourth-order valence-corrected chi connectivity index (χ4v) is 11.4. The van der Waals surface area contributed by atoms with Crippen LogP contribution in [0.1, 0.15) is 569 Å². The van der Waals surface area contributed by atoms with Crippen molar-refractivity contribution >= 4 is 52.4 Å². The third kappa shape index (κ3) is 243. The lowest BCUT2D eigenvalue weighted by Crippen LogP contribution is -2.29. The van der Waals surface area contributed by atoms with Gasteiger partial charge in [0.05, 0.1) is 12.2 Å². The average molecular weight is 2060 g/mol. The molecule has 13 heteroatoms. The van der Waals surface area contributed by atoms with Crippen molar-refractivity contribution in [2.75, 3.05) is 79.1 Å². The standard InChI is InChI=1S/3C9H21N.C8H19N.2C8H18O.4C8H16O.2C8H18S.C7H14O.C7H16.14CH4/c3*1-8(2)6-7-10(5)9(3)4;1-7(2)6-9(5)8(3)4;2*1-7(2)5-6-9-8(3)4;4*1-6(2)5-8(9)7(3)4;2*1-7(2)5-6-9-8(3)4;1-5(2)7(8)6(3)4;1-6(2)5-7(3)4;;;;;;;;;;;;;;/h3*8-9H,6-7H2,1-5H3;7-8H,6H2,1-5H3;2*7-8H,5-6H2,1-4H3;4*6-7H,5H2,1-4H3;2*7-8H,5-6H2,1-4H3;5-6H,1-4H3;6-7H,5H2,1-4H3;14*1H4. The van der Waals surface area contributed by atoms with E-state index in [1.807, 2.05) is 83.1 Å². The maximum absolute atomic E-state index is 11.0. The first-order chi connectivity index (χ1) is 57.0. The molecule has 0 rings (SSSR count). The van der Waals surface area contributed by atoms with Gasteiger partial charge < -0.3 is 29.1 Å². The van der Waals surface area contributed by atoms with Gasteiger partial charge in [-0.25, -0.2) is 0 Å². The fourth-order valence-electron chi connectivity index (χ4n) is 9.27. The SMILES string of the molecule is C.C.C.C.C.C.C.C.C.C.C.C.C.C.CC(C)C(=O)C(C)C.CC(C)CC(=O)C(C)C.CC(C)CC(=O)C(C)C.CC(C)CC(=O)C(C)C.CC(C)CC(=O)C(C)C.CC(C)CC(C)C.CC(C)CCN(C)C(C)C.CC(C)CCN(C)C(C)C.CC(C)CCN(C)C(C)C.CC(C)CCOC(C)C.CC(C)CCOC(C)C.CC(C)CCSC(C)C.CC(C)CCSC(C)C.CC(C)CN(C)C(C)C. The molecule has 0 aliphatic rings. The summed E-state index contributed by atoms with van der Waals surface area (Å²) in [4.78, 5) is 64.2. The van der Waals surface area contributed by atoms with Crippen LogP contribution in [0.2, 0.25) is 0 Å². The predicted octanol–water partition coefficient (Wildman–Crippen LogP) is 42.9. The second-order valence-electron chi connectivity index (χ2n) is 45.7. The van der Waals surface area contributed by atoms with E-state index < -0.39 is 0 Å². The highest BCUT2D eigenvalue weighted by Crippen LogP contribution is 2.17. The van der Waals surface area contributed by atoms with Crippen molar-refractivity contribution in [3.8, 4) is 0 Å². The molecule has 0 saturated carbocycles. The lowest BCUT2D eigenvalue weighted by molar-refractivity contribution is -0.125. The van der Waals surface area contributed by atoms with Crippen LogP contribution in [0.4, 0.5) is 0 Å². The first-order valence-electron chi connectivity index (χ1n) is 51.9. The van der Waals surface area contributed by atoms with Gasteiger partial charge >= 0.3 is 0 Å². The molecule has 140 heavy (non-hydrogen) atoms. The average Bonchev–Trinajstić information content (AvgIpc) is 0.999. The van der Waals surface area contributed by atoms with Crippen LogP contribution >= 0.6 is 23.5 Å². The molecule has 0 aromatic rings. The van der Waals surface area contributed by atoms with Gasteiger partial charge in [-0.2, -0.15) is 23.5 Å². The van der Waals surface area contributed by atoms with Gasteiger partial charge in [0.2, 0.25) is 0 Å². The number of hydrogen-bond donors (Lipinski definition) is 0. The fraction of sp³-hybridized carbons (Fsp3) is 0.961. The number of Topliss-reactive ketones (excluding diaryl/α,β-unsaturated/α-hetero) is 5. The summed E-state index contributed by atoms with van der Waals surface area (Å²) in [5, 5.41) is 1.62. The number of ether oxygens (including phenoxy) is 2. The van der Waals surface area contributed by atoms with Crippen LogP contribution in [0.15, 0.2) is 0 Å². The lowest BCUT2D eigenvalue weighted by atomic mass is 9.99. The molecule has 0 N–H and O–H groups in total. The van der Waals surface area contributed by atoms with E-state index in [4.69, 9.17) is 9.47 Å². The summed E-state index contributed by atoms with van der Waals surface area (Å²) in [6, 6.07) is 2.77. The molecule has 0 aliphatic carbocycles. The summed E-state index contributed by atoms with van der Waals surface area (Å²) in [5.41, 5.74) is 0. The van der Waals surface area contributed by atoms with E-state index in [1.54, 1.807) is 0 Å². The van der Waals surface area contributed by atoms with Gasteiger partial charge in [-0.05, 0) is 287 Å². The largest absolute Gasteiger partial charge is 0.379 e. The van der Waals surface area contributed by atoms with Crippen molar-refractivity contribution < 1.29 is 33.4 Å². The molecule has 0 amide bonds. The van der Waals surface area contributed by atoms with Gasteiger partial charge in [-0.15, -0.1) is 0 Å². The molecule has 0 bridgehead atoms. The Labute approximate surface area is 912 Å². The van der Waals surface area contributed by atoms with Crippen molar-refractivity contribution in [2.45, 2.75) is 616 Å². The van der Waals surface area contributed by atoms with E-state index in [0.29, 0.717) is 89.0 Å². The van der Waals surface area contributed by atoms with Crippen LogP contribution in [-0.4, -0.2) is 174 Å². The summed E-state index contributed by atoms with van der Waals surface area (Å²) in [7, 11) is 8.73. The normalized spacial score (nSPS) is 10.2. The van der Waals surface area contributed by atoms with Gasteiger partial charge in [0, 0.05) is 105 Å². The van der Waals surface area contributed by atoms with Crippen LogP contribution in [0.5, 0.6) is 0 Å². The number of rotatable bonds is 47. The Hall–Kier alpha value is -1.19. The highest BCUT2D eigenvalue weighted by atomic mass is 32.2. The lowest BCUT2D eigenvalue weighted by Gasteiger charge is -2.22. The number of carbonyl (C=O) groups excluding carboxylic acids is 5. The molecule has 0 unspecified atom stereocenters. The molecule has 0 atom stereocenters. The Morgan fingerprint density at radius 3 is 0.457 bits per heavy atom. The van der Waals surface area contributed by atoms with Crippen LogP contribution in [0, 0.1) is 118 Å². The Morgan fingerprint density at radius 1 is 0.207 bits per heavy atom. The van der Waals surface area contributed by atoms with Crippen molar-refractivity contribution in [1.29, 1.82) is 0 Å². The molecule has 0 fully saturated rings. The van der Waals surface area contributed by atoms with Gasteiger partial charge in [-0.3, -0.25) is 24.0 Å². The third-order valence-electron chi connectivity index (χ3n) is 19.0. The molecular weight excluding hydrogens is 1760 g/mol. The zero-order chi connectivity index (χ0) is 103. The summed E-state index contributed by atoms with van der Waals surface area (Å²) in [6.07, 6.45) is 14.1. The van der Waals surface area contributed by atoms with Crippen LogP contribution < -0.4 is 0 Å². The maximum atomic E-state index is 11.0. The molecule has 11 nitrogen and oxygen atoms in total. The monoisotopic (exact) mass is 2060 g/mol. The smallest absolute Gasteiger partial charge is 0.137 e. The van der Waals surface area contributed by atoms with Crippen LogP contribution in [0.3, 0.4) is 0 Å². The van der Waals surface area contributed by atoms with Gasteiger partial charge in [0.25, 0.3) is 0 Å². The van der Waals surface area contributed by atoms with Crippen LogP contribution in [-0.2, 0) is 33.4 Å². The predicted molar refractivity (Wildman–Crippen MR) is 680 cm³/mol.